The number of nitrogens with one attached hydrogen (secondary N) is 1. The zero-order chi connectivity index (χ0) is 25.2. The average Bonchev–Trinajstić information content (AvgIpc) is 3.26. The number of nitrogens with two attached hydrogens (primary N) is 1. The minimum atomic E-state index is -4.75. The van der Waals surface area contributed by atoms with Crippen molar-refractivity contribution in [2.75, 3.05) is 4.31 Å². The number of amides is 2. The fraction of sp³-hybridized carbons (Fsp3) is 0.667. The number of nitrogens with zero attached hydrogens (tertiary/aromatic N) is 1. The van der Waals surface area contributed by atoms with E-state index in [1.54, 1.807) is 0 Å². The lowest BCUT2D eigenvalue weighted by Crippen LogP contribution is -2.66. The molecule has 0 aromatic heterocycles. The van der Waals surface area contributed by atoms with E-state index in [-0.39, 0.29) is 36.6 Å². The molecular formula is C24H30F3N3O4S. The first kappa shape index (κ1) is 24.5. The van der Waals surface area contributed by atoms with E-state index in [2.05, 4.69) is 5.32 Å². The van der Waals surface area contributed by atoms with Crippen LogP contribution in [-0.4, -0.2) is 32.2 Å². The fourth-order valence-corrected chi connectivity index (χ4v) is 8.58. The number of anilines is 1. The summed E-state index contributed by atoms with van der Waals surface area (Å²) in [6.45, 7) is 0. The Morgan fingerprint density at radius 2 is 1.69 bits per heavy atom. The van der Waals surface area contributed by atoms with Crippen LogP contribution in [0, 0.1) is 23.2 Å². The van der Waals surface area contributed by atoms with Crippen LogP contribution < -0.4 is 15.4 Å². The maximum Gasteiger partial charge on any atom is 0.418 e. The van der Waals surface area contributed by atoms with E-state index < -0.39 is 45.6 Å². The van der Waals surface area contributed by atoms with Crippen molar-refractivity contribution in [3.05, 3.63) is 29.8 Å². The third-order valence-corrected chi connectivity index (χ3v) is 9.78. The van der Waals surface area contributed by atoms with Crippen LogP contribution in [0.3, 0.4) is 0 Å². The number of hydrogen-bond donors (Lipinski definition) is 3. The monoisotopic (exact) mass is 513 g/mol. The molecule has 1 aromatic rings. The molecule has 5 aliphatic rings. The molecule has 5 fully saturated rings. The molecule has 192 valence electrons. The Labute approximate surface area is 204 Å². The molecular weight excluding hydrogens is 483 g/mol. The lowest BCUT2D eigenvalue weighted by atomic mass is 9.47. The van der Waals surface area contributed by atoms with Crippen molar-refractivity contribution in [3.8, 4) is 0 Å². The molecule has 3 atom stereocenters. The van der Waals surface area contributed by atoms with Gasteiger partial charge in [-0.2, -0.15) is 13.2 Å². The van der Waals surface area contributed by atoms with Crippen LogP contribution in [0.25, 0.3) is 0 Å². The first-order valence-electron chi connectivity index (χ1n) is 12.2. The van der Waals surface area contributed by atoms with Crippen LogP contribution in [-0.2, 0) is 27.0 Å². The third kappa shape index (κ3) is 3.94. The number of halogens is 3. The summed E-state index contributed by atoms with van der Waals surface area (Å²) in [5.74, 6) is -0.299. The third-order valence-electron chi connectivity index (χ3n) is 8.92. The van der Waals surface area contributed by atoms with Crippen molar-refractivity contribution in [1.82, 2.24) is 5.32 Å². The second-order valence-electron chi connectivity index (χ2n) is 10.9. The maximum atomic E-state index is 13.9. The van der Waals surface area contributed by atoms with E-state index in [1.807, 2.05) is 0 Å². The predicted molar refractivity (Wildman–Crippen MR) is 123 cm³/mol. The van der Waals surface area contributed by atoms with Gasteiger partial charge in [0.15, 0.2) is 0 Å². The summed E-state index contributed by atoms with van der Waals surface area (Å²) < 4.78 is 65.0. The Balaban J connectivity index is 1.47. The van der Waals surface area contributed by atoms with Gasteiger partial charge in [-0.15, -0.1) is 0 Å². The summed E-state index contributed by atoms with van der Waals surface area (Å²) in [5.41, 5.74) is 2.12. The smallest absolute Gasteiger partial charge is 0.369 e. The summed E-state index contributed by atoms with van der Waals surface area (Å²) in [7, 11) is 0. The molecule has 0 aliphatic heterocycles. The number of benzene rings is 1. The van der Waals surface area contributed by atoms with Gasteiger partial charge in [0.25, 0.3) is 11.3 Å². The number of alkyl halides is 3. The molecule has 4 bridgehead atoms. The summed E-state index contributed by atoms with van der Waals surface area (Å²) in [6, 6.07) is 4.36. The quantitative estimate of drug-likeness (QED) is 0.503. The van der Waals surface area contributed by atoms with Crippen molar-refractivity contribution in [1.29, 1.82) is 0 Å². The maximum absolute atomic E-state index is 13.9. The molecule has 0 spiro atoms. The van der Waals surface area contributed by atoms with E-state index in [0.717, 1.165) is 35.7 Å². The van der Waals surface area contributed by atoms with Gasteiger partial charge in [0.2, 0.25) is 11.8 Å². The van der Waals surface area contributed by atoms with Crippen LogP contribution >= 0.6 is 0 Å². The number of carbonyl (C=O) groups excluding carboxylic acids is 2. The fourth-order valence-electron chi connectivity index (χ4n) is 7.68. The average molecular weight is 514 g/mol. The predicted octanol–water partition coefficient (Wildman–Crippen LogP) is 3.76. The summed E-state index contributed by atoms with van der Waals surface area (Å²) in [6.07, 6.45) is 0.423. The number of primary amides is 1. The Morgan fingerprint density at radius 1 is 1.09 bits per heavy atom. The van der Waals surface area contributed by atoms with Gasteiger partial charge in [-0.3, -0.25) is 18.4 Å². The van der Waals surface area contributed by atoms with Gasteiger partial charge in [-0.25, -0.2) is 4.21 Å². The minimum absolute atomic E-state index is 0.0617. The van der Waals surface area contributed by atoms with Gasteiger partial charge < -0.3 is 11.1 Å². The van der Waals surface area contributed by atoms with Gasteiger partial charge in [-0.1, -0.05) is 25.0 Å². The zero-order valence-electron chi connectivity index (χ0n) is 19.2. The van der Waals surface area contributed by atoms with Gasteiger partial charge in [-0.05, 0) is 74.8 Å². The number of hydrogen-bond acceptors (Lipinski definition) is 3. The van der Waals surface area contributed by atoms with Gasteiger partial charge in [0.1, 0.15) is 5.54 Å². The van der Waals surface area contributed by atoms with Crippen molar-refractivity contribution in [3.63, 3.8) is 0 Å². The second-order valence-corrected chi connectivity index (χ2v) is 11.7. The summed E-state index contributed by atoms with van der Waals surface area (Å²) >= 11 is -2.86. The molecule has 0 heterocycles. The minimum Gasteiger partial charge on any atom is -0.369 e. The summed E-state index contributed by atoms with van der Waals surface area (Å²) in [4.78, 5) is 26.1. The molecule has 1 aromatic carbocycles. The normalized spacial score (nSPS) is 33.9. The van der Waals surface area contributed by atoms with Crippen LogP contribution in [0.1, 0.15) is 63.4 Å². The highest BCUT2D eigenvalue weighted by Crippen LogP contribution is 2.60. The first-order chi connectivity index (χ1) is 16.5. The molecule has 11 heteroatoms. The molecule has 5 aliphatic carbocycles. The number of para-hydroxylation sites is 1. The number of rotatable bonds is 6. The number of carbonyl (C=O) groups is 2. The van der Waals surface area contributed by atoms with Crippen LogP contribution in [0.5, 0.6) is 0 Å². The lowest BCUT2D eigenvalue weighted by molar-refractivity contribution is -0.148. The molecule has 7 nitrogen and oxygen atoms in total. The Bertz CT molecular complexity index is 1040. The standard InChI is InChI=1S/C24H30F3N3O4S/c25-24(26,27)17-5-1-2-6-18(17)30(35(33)34)23(7-3-4-8-23)21(32)29-19-15-9-14-10-16(19)13-22(11-14,12-15)20(28)31/h1-2,5-6,14-16,19H,3-4,7-13H2,(H2,28,31)(H,29,32)(H,33,34). The second kappa shape index (κ2) is 8.47. The molecule has 2 amide bonds. The van der Waals surface area contributed by atoms with E-state index in [9.17, 15) is 31.5 Å². The van der Waals surface area contributed by atoms with E-state index >= 15 is 0 Å². The lowest BCUT2D eigenvalue weighted by Gasteiger charge is -2.59. The highest BCUT2D eigenvalue weighted by molar-refractivity contribution is 7.80. The SMILES string of the molecule is NC(=O)C12CC3CC(C1)C(NC(=O)C1(N(c4ccccc4C(F)(F)F)S(=O)O)CCCC1)C(C3)C2. The highest BCUT2D eigenvalue weighted by Gasteiger charge is 2.59. The molecule has 35 heavy (non-hydrogen) atoms. The molecule has 0 radical (unpaired) electrons. The van der Waals surface area contributed by atoms with Crippen molar-refractivity contribution >= 4 is 28.8 Å². The zero-order valence-corrected chi connectivity index (χ0v) is 20.0. The molecule has 6 rings (SSSR count). The van der Waals surface area contributed by atoms with Gasteiger partial charge in [0.05, 0.1) is 11.3 Å². The first-order valence-corrected chi connectivity index (χ1v) is 13.2. The van der Waals surface area contributed by atoms with Gasteiger partial charge >= 0.3 is 6.18 Å². The van der Waals surface area contributed by atoms with Crippen LogP contribution in [0.2, 0.25) is 0 Å². The summed E-state index contributed by atoms with van der Waals surface area (Å²) in [5, 5.41) is 3.10. The van der Waals surface area contributed by atoms with E-state index in [0.29, 0.717) is 31.6 Å². The largest absolute Gasteiger partial charge is 0.418 e. The van der Waals surface area contributed by atoms with Crippen LogP contribution in [0.15, 0.2) is 24.3 Å². The Hall–Kier alpha value is -2.14. The van der Waals surface area contributed by atoms with E-state index in [1.165, 1.54) is 12.1 Å². The van der Waals surface area contributed by atoms with Crippen molar-refractivity contribution in [2.24, 2.45) is 28.9 Å². The van der Waals surface area contributed by atoms with Crippen LogP contribution in [0.4, 0.5) is 18.9 Å². The van der Waals surface area contributed by atoms with Crippen molar-refractivity contribution < 1.29 is 31.5 Å². The van der Waals surface area contributed by atoms with Crippen molar-refractivity contribution in [2.45, 2.75) is 75.5 Å². The van der Waals surface area contributed by atoms with E-state index in [4.69, 9.17) is 5.73 Å². The topological polar surface area (TPSA) is 113 Å². The molecule has 0 saturated heterocycles. The molecule has 3 unspecified atom stereocenters. The molecule has 4 N–H and O–H groups in total. The Kier molecular flexibility index (Phi) is 5.94. The Morgan fingerprint density at radius 3 is 2.23 bits per heavy atom. The molecule has 5 saturated carbocycles. The van der Waals surface area contributed by atoms with Gasteiger partial charge in [0, 0.05) is 11.5 Å². The highest BCUT2D eigenvalue weighted by atomic mass is 32.2.